The van der Waals surface area contributed by atoms with Gasteiger partial charge in [-0.3, -0.25) is 0 Å². The molecular formula is C12H6F7N3O2S. The van der Waals surface area contributed by atoms with Gasteiger partial charge in [0.1, 0.15) is 11.5 Å². The van der Waals surface area contributed by atoms with E-state index in [2.05, 4.69) is 15.2 Å². The van der Waals surface area contributed by atoms with Gasteiger partial charge in [0.15, 0.2) is 5.01 Å². The number of aromatic nitrogens is 2. The first-order valence-corrected chi connectivity index (χ1v) is 6.90. The predicted molar refractivity (Wildman–Crippen MR) is 71.8 cm³/mol. The highest BCUT2D eigenvalue weighted by Crippen LogP contribution is 2.52. The first kappa shape index (κ1) is 18.9. The molecule has 136 valence electrons. The normalized spacial score (nSPS) is 13.6. The minimum Gasteiger partial charge on any atom is -0.508 e. The molecule has 0 saturated carbocycles. The van der Waals surface area contributed by atoms with Crippen LogP contribution in [-0.2, 0) is 5.92 Å². The summed E-state index contributed by atoms with van der Waals surface area (Å²) >= 11 is -0.270. The topological polar surface area (TPSA) is 78.6 Å². The molecule has 0 bridgehead atoms. The van der Waals surface area contributed by atoms with Crippen LogP contribution < -0.4 is 0 Å². The molecule has 1 aromatic heterocycles. The fourth-order valence-corrected chi connectivity index (χ4v) is 2.17. The van der Waals surface area contributed by atoms with Crippen LogP contribution in [0.4, 0.5) is 35.9 Å². The van der Waals surface area contributed by atoms with Gasteiger partial charge in [-0.05, 0) is 12.1 Å². The number of nitrogens with zero attached hydrogens (tertiary/aromatic N) is 3. The molecule has 0 atom stereocenters. The molecule has 13 heteroatoms. The van der Waals surface area contributed by atoms with E-state index in [1.165, 1.54) is 6.07 Å². The van der Waals surface area contributed by atoms with Gasteiger partial charge in [-0.1, -0.05) is 11.3 Å². The zero-order chi connectivity index (χ0) is 19.0. The number of aliphatic imine (C=N–C) groups is 1. The van der Waals surface area contributed by atoms with Crippen LogP contribution in [0.3, 0.4) is 0 Å². The zero-order valence-corrected chi connectivity index (χ0v) is 12.4. The number of hydrogen-bond acceptors (Lipinski definition) is 6. The van der Waals surface area contributed by atoms with Gasteiger partial charge in [0.25, 0.3) is 0 Å². The number of halogens is 7. The van der Waals surface area contributed by atoms with Gasteiger partial charge in [0.05, 0.1) is 0 Å². The molecule has 0 aliphatic heterocycles. The standard InChI is InChI=1S/C12H6F7N3O2S/c13-10(14,11(15,16)12(17,18)19)8-21-22-9(25-8)20-4-5-1-2-6(23)3-7(5)24/h1-4,23-24H. The summed E-state index contributed by atoms with van der Waals surface area (Å²) in [7, 11) is 0. The zero-order valence-electron chi connectivity index (χ0n) is 11.6. The number of benzene rings is 1. The maximum atomic E-state index is 13.4. The highest BCUT2D eigenvalue weighted by atomic mass is 32.1. The molecule has 0 aliphatic rings. The molecule has 25 heavy (non-hydrogen) atoms. The van der Waals surface area contributed by atoms with E-state index < -0.39 is 33.9 Å². The van der Waals surface area contributed by atoms with Crippen LogP contribution in [0, 0.1) is 0 Å². The van der Waals surface area contributed by atoms with Gasteiger partial charge in [0.2, 0.25) is 5.13 Å². The second-order valence-electron chi connectivity index (χ2n) is 4.54. The van der Waals surface area contributed by atoms with Crippen molar-refractivity contribution in [1.82, 2.24) is 10.2 Å². The quantitative estimate of drug-likeness (QED) is 0.612. The number of phenols is 2. The van der Waals surface area contributed by atoms with Crippen molar-refractivity contribution in [2.75, 3.05) is 0 Å². The Morgan fingerprint density at radius 2 is 1.64 bits per heavy atom. The molecule has 0 radical (unpaired) electrons. The van der Waals surface area contributed by atoms with Gasteiger partial charge in [-0.15, -0.1) is 10.2 Å². The molecule has 2 aromatic rings. The lowest BCUT2D eigenvalue weighted by molar-refractivity contribution is -0.359. The second kappa shape index (κ2) is 6.13. The summed E-state index contributed by atoms with van der Waals surface area (Å²) in [5.74, 6) is -12.7. The molecule has 0 fully saturated rings. The van der Waals surface area contributed by atoms with Crippen molar-refractivity contribution < 1.29 is 40.9 Å². The van der Waals surface area contributed by atoms with Gasteiger partial charge in [0, 0.05) is 17.8 Å². The van der Waals surface area contributed by atoms with Gasteiger partial charge >= 0.3 is 18.0 Å². The smallest absolute Gasteiger partial charge is 0.460 e. The summed E-state index contributed by atoms with van der Waals surface area (Å²) in [4.78, 5) is 3.46. The van der Waals surface area contributed by atoms with E-state index in [1.807, 2.05) is 0 Å². The Kier molecular flexibility index (Phi) is 4.63. The Morgan fingerprint density at radius 3 is 2.20 bits per heavy atom. The lowest BCUT2D eigenvalue weighted by Gasteiger charge is -2.25. The largest absolute Gasteiger partial charge is 0.508 e. The summed E-state index contributed by atoms with van der Waals surface area (Å²) < 4.78 is 89.0. The molecule has 0 spiro atoms. The van der Waals surface area contributed by atoms with Crippen LogP contribution >= 0.6 is 11.3 Å². The van der Waals surface area contributed by atoms with E-state index in [1.54, 1.807) is 0 Å². The van der Waals surface area contributed by atoms with Crippen molar-refractivity contribution in [2.45, 2.75) is 18.0 Å². The Balaban J connectivity index is 2.29. The first-order valence-electron chi connectivity index (χ1n) is 6.08. The monoisotopic (exact) mass is 389 g/mol. The molecule has 2 rings (SSSR count). The number of aromatic hydroxyl groups is 2. The van der Waals surface area contributed by atoms with Crippen molar-refractivity contribution >= 4 is 22.7 Å². The van der Waals surface area contributed by atoms with E-state index in [-0.39, 0.29) is 22.6 Å². The van der Waals surface area contributed by atoms with Gasteiger partial charge in [-0.2, -0.15) is 30.7 Å². The maximum absolute atomic E-state index is 13.4. The van der Waals surface area contributed by atoms with Crippen LogP contribution in [0.25, 0.3) is 0 Å². The van der Waals surface area contributed by atoms with E-state index in [0.29, 0.717) is 0 Å². The van der Waals surface area contributed by atoms with Crippen molar-refractivity contribution in [2.24, 2.45) is 4.99 Å². The summed E-state index contributed by atoms with van der Waals surface area (Å²) in [5.41, 5.74) is 0.00179. The molecular weight excluding hydrogens is 383 g/mol. The summed E-state index contributed by atoms with van der Waals surface area (Å²) in [6.45, 7) is 0. The van der Waals surface area contributed by atoms with Crippen molar-refractivity contribution in [3.05, 3.63) is 28.8 Å². The number of rotatable bonds is 4. The highest BCUT2D eigenvalue weighted by Gasteiger charge is 2.75. The van der Waals surface area contributed by atoms with Crippen molar-refractivity contribution in [3.8, 4) is 11.5 Å². The minimum absolute atomic E-state index is 0.00179. The third-order valence-electron chi connectivity index (χ3n) is 2.76. The molecule has 0 amide bonds. The molecule has 1 aromatic carbocycles. The lowest BCUT2D eigenvalue weighted by atomic mass is 10.2. The maximum Gasteiger partial charge on any atom is 0.460 e. The molecule has 5 nitrogen and oxygen atoms in total. The molecule has 2 N–H and O–H groups in total. The third-order valence-corrected chi connectivity index (χ3v) is 3.66. The van der Waals surface area contributed by atoms with E-state index in [0.717, 1.165) is 18.3 Å². The average Bonchev–Trinajstić information content (AvgIpc) is 2.94. The minimum atomic E-state index is -6.48. The number of hydrogen-bond donors (Lipinski definition) is 2. The Labute approximate surface area is 138 Å². The van der Waals surface area contributed by atoms with E-state index >= 15 is 0 Å². The number of phenolic OH excluding ortho intramolecular Hbond substituents is 2. The third kappa shape index (κ3) is 3.50. The number of alkyl halides is 7. The molecule has 0 unspecified atom stereocenters. The van der Waals surface area contributed by atoms with Crippen molar-refractivity contribution in [1.29, 1.82) is 0 Å². The van der Waals surface area contributed by atoms with Crippen LogP contribution in [0.15, 0.2) is 23.2 Å². The Bertz CT molecular complexity index is 804. The van der Waals surface area contributed by atoms with Crippen LogP contribution in [0.2, 0.25) is 0 Å². The van der Waals surface area contributed by atoms with Gasteiger partial charge in [-0.25, -0.2) is 4.99 Å². The average molecular weight is 389 g/mol. The van der Waals surface area contributed by atoms with Crippen LogP contribution in [0.1, 0.15) is 10.6 Å². The van der Waals surface area contributed by atoms with Crippen molar-refractivity contribution in [3.63, 3.8) is 0 Å². The first-order chi connectivity index (χ1) is 11.4. The fraction of sp³-hybridized carbons (Fsp3) is 0.250. The van der Waals surface area contributed by atoms with Crippen LogP contribution in [-0.4, -0.2) is 38.7 Å². The molecule has 1 heterocycles. The van der Waals surface area contributed by atoms with E-state index in [4.69, 9.17) is 5.11 Å². The summed E-state index contributed by atoms with van der Waals surface area (Å²) in [5, 5.41) is 21.7. The predicted octanol–water partition coefficient (Wildman–Crippen LogP) is 3.99. The van der Waals surface area contributed by atoms with Gasteiger partial charge < -0.3 is 10.2 Å². The SMILES string of the molecule is Oc1ccc(C=Nc2nnc(C(F)(F)C(F)(F)C(F)(F)F)s2)c(O)c1. The highest BCUT2D eigenvalue weighted by molar-refractivity contribution is 7.15. The lowest BCUT2D eigenvalue weighted by Crippen LogP contribution is -2.50. The summed E-state index contributed by atoms with van der Waals surface area (Å²) in [6, 6.07) is 3.28. The fourth-order valence-electron chi connectivity index (χ4n) is 1.47. The Morgan fingerprint density at radius 1 is 1.00 bits per heavy atom. The Hall–Kier alpha value is -2.44. The van der Waals surface area contributed by atoms with E-state index in [9.17, 15) is 35.8 Å². The second-order valence-corrected chi connectivity index (χ2v) is 5.49. The summed E-state index contributed by atoms with van der Waals surface area (Å²) in [6.07, 6.45) is -5.61. The van der Waals surface area contributed by atoms with Crippen LogP contribution in [0.5, 0.6) is 11.5 Å². The molecule has 0 saturated heterocycles. The molecule has 0 aliphatic carbocycles.